The number of hydrogen-bond donors (Lipinski definition) is 3. The molecule has 8 nitrogen and oxygen atoms in total. The molecule has 0 bridgehead atoms. The minimum absolute atomic E-state index is 0.384. The van der Waals surface area contributed by atoms with Gasteiger partial charge in [0.2, 0.25) is 11.8 Å². The number of aromatic nitrogens is 2. The van der Waals surface area contributed by atoms with E-state index in [0.717, 1.165) is 22.5 Å². The first-order valence-corrected chi connectivity index (χ1v) is 7.54. The second kappa shape index (κ2) is 6.32. The number of ether oxygens (including phenoxy) is 1. The molecule has 1 aromatic carbocycles. The monoisotopic (exact) mass is 329 g/mol. The Kier molecular flexibility index (Phi) is 4.22. The topological polar surface area (TPSA) is 127 Å². The van der Waals surface area contributed by atoms with Crippen LogP contribution in [0.25, 0.3) is 11.3 Å². The van der Waals surface area contributed by atoms with Crippen molar-refractivity contribution in [2.45, 2.75) is 12.5 Å². The zero-order valence-corrected chi connectivity index (χ0v) is 13.3. The molecule has 2 heterocycles. The first kappa shape index (κ1) is 16.0. The fourth-order valence-corrected chi connectivity index (χ4v) is 3.13. The van der Waals surface area contributed by atoms with Crippen LogP contribution >= 0.6 is 0 Å². The number of amides is 2. The van der Waals surface area contributed by atoms with Crippen molar-refractivity contribution < 1.29 is 14.3 Å². The number of nitrogens with zero attached hydrogens (tertiary/aromatic N) is 2. The molecule has 2 aromatic rings. The van der Waals surface area contributed by atoms with Crippen LogP contribution in [0.2, 0.25) is 0 Å². The summed E-state index contributed by atoms with van der Waals surface area (Å²) in [5.74, 6) is -0.942. The van der Waals surface area contributed by atoms with Gasteiger partial charge in [-0.05, 0) is 23.8 Å². The largest absolute Gasteiger partial charge is 0.383 e. The summed E-state index contributed by atoms with van der Waals surface area (Å²) >= 11 is 0. The Balaban J connectivity index is 2.17. The maximum absolute atomic E-state index is 11.9. The molecule has 126 valence electrons. The Morgan fingerprint density at radius 3 is 2.79 bits per heavy atom. The Morgan fingerprint density at radius 2 is 2.21 bits per heavy atom. The summed E-state index contributed by atoms with van der Waals surface area (Å²) in [4.78, 5) is 25.5. The number of carbonyl (C=O) groups is 2. The van der Waals surface area contributed by atoms with Crippen LogP contribution in [0.4, 0.5) is 5.69 Å². The van der Waals surface area contributed by atoms with Crippen LogP contribution in [0.5, 0.6) is 0 Å². The van der Waals surface area contributed by atoms with Gasteiger partial charge < -0.3 is 21.1 Å². The molecule has 0 spiro atoms. The second-order valence-corrected chi connectivity index (χ2v) is 5.67. The summed E-state index contributed by atoms with van der Waals surface area (Å²) in [6.07, 6.45) is 2.05. The molecule has 0 aliphatic carbocycles. The average molecular weight is 329 g/mol. The number of benzene rings is 1. The van der Waals surface area contributed by atoms with Gasteiger partial charge in [-0.3, -0.25) is 14.7 Å². The van der Waals surface area contributed by atoms with Crippen molar-refractivity contribution in [1.29, 1.82) is 0 Å². The summed E-state index contributed by atoms with van der Waals surface area (Å²) in [7, 11) is 1.60. The summed E-state index contributed by atoms with van der Waals surface area (Å²) < 4.78 is 5.15. The predicted molar refractivity (Wildman–Crippen MR) is 88.5 cm³/mol. The Morgan fingerprint density at radius 1 is 1.42 bits per heavy atom. The van der Waals surface area contributed by atoms with E-state index in [2.05, 4.69) is 10.2 Å². The van der Waals surface area contributed by atoms with Crippen LogP contribution in [-0.2, 0) is 16.0 Å². The van der Waals surface area contributed by atoms with Gasteiger partial charge in [-0.25, -0.2) is 0 Å². The van der Waals surface area contributed by atoms with Crippen molar-refractivity contribution in [3.63, 3.8) is 0 Å². The standard InChI is InChI=1S/C16H19N5O3/c1-24-5-4-21-13(16(18)23)8-9-6-10(15(17)22)7-11(14(9)21)12-2-3-19-20-12/h2-3,6-7,13H,4-5,8H2,1H3,(H2,17,22)(H2,18,23)(H,19,20). The van der Waals surface area contributed by atoms with E-state index < -0.39 is 17.9 Å². The SMILES string of the molecule is COCCN1c2c(cc(C(N)=O)cc2-c2ccn[nH]2)CC1C(N)=O. The molecule has 0 radical (unpaired) electrons. The number of carbonyl (C=O) groups excluding carboxylic acids is 2. The maximum atomic E-state index is 11.9. The van der Waals surface area contributed by atoms with Gasteiger partial charge in [0, 0.05) is 37.4 Å². The Hall–Kier alpha value is -2.87. The molecule has 0 saturated heterocycles. The number of H-pyrrole nitrogens is 1. The van der Waals surface area contributed by atoms with Crippen LogP contribution < -0.4 is 16.4 Å². The highest BCUT2D eigenvalue weighted by molar-refractivity contribution is 5.98. The molecule has 1 aromatic heterocycles. The van der Waals surface area contributed by atoms with E-state index in [4.69, 9.17) is 16.2 Å². The molecule has 1 unspecified atom stereocenters. The first-order chi connectivity index (χ1) is 11.5. The van der Waals surface area contributed by atoms with Crippen molar-refractivity contribution in [2.75, 3.05) is 25.2 Å². The number of anilines is 1. The van der Waals surface area contributed by atoms with E-state index in [9.17, 15) is 9.59 Å². The molecule has 0 saturated carbocycles. The minimum atomic E-state index is -0.524. The third-order valence-electron chi connectivity index (χ3n) is 4.21. The number of aromatic amines is 1. The van der Waals surface area contributed by atoms with Crippen LogP contribution in [0, 0.1) is 0 Å². The zero-order chi connectivity index (χ0) is 17.3. The molecule has 24 heavy (non-hydrogen) atoms. The molecule has 0 fully saturated rings. The van der Waals surface area contributed by atoms with Gasteiger partial charge in [0.05, 0.1) is 18.0 Å². The first-order valence-electron chi connectivity index (χ1n) is 7.54. The number of hydrogen-bond acceptors (Lipinski definition) is 5. The summed E-state index contributed by atoms with van der Waals surface area (Å²) in [6.45, 7) is 0.956. The number of rotatable bonds is 6. The molecule has 5 N–H and O–H groups in total. The lowest BCUT2D eigenvalue weighted by atomic mass is 9.99. The van der Waals surface area contributed by atoms with Crippen LogP contribution in [0.3, 0.4) is 0 Å². The minimum Gasteiger partial charge on any atom is -0.383 e. The van der Waals surface area contributed by atoms with Gasteiger partial charge in [-0.1, -0.05) is 0 Å². The maximum Gasteiger partial charge on any atom is 0.248 e. The molecule has 1 aliphatic heterocycles. The third kappa shape index (κ3) is 2.71. The van der Waals surface area contributed by atoms with E-state index in [1.54, 1.807) is 31.5 Å². The van der Waals surface area contributed by atoms with E-state index in [-0.39, 0.29) is 0 Å². The van der Waals surface area contributed by atoms with Crippen LogP contribution in [-0.4, -0.2) is 48.3 Å². The lowest BCUT2D eigenvalue weighted by molar-refractivity contribution is -0.119. The Bertz CT molecular complexity index is 772. The molecular weight excluding hydrogens is 310 g/mol. The molecule has 1 aliphatic rings. The highest BCUT2D eigenvalue weighted by Gasteiger charge is 2.35. The van der Waals surface area contributed by atoms with Gasteiger partial charge >= 0.3 is 0 Å². The smallest absolute Gasteiger partial charge is 0.248 e. The van der Waals surface area contributed by atoms with Crippen molar-refractivity contribution in [3.05, 3.63) is 35.5 Å². The highest BCUT2D eigenvalue weighted by Crippen LogP contribution is 2.41. The normalized spacial score (nSPS) is 16.2. The number of nitrogens with two attached hydrogens (primary N) is 2. The Labute approximate surface area is 138 Å². The molecular formula is C16H19N5O3. The van der Waals surface area contributed by atoms with Gasteiger partial charge in [-0.15, -0.1) is 0 Å². The molecule has 1 atom stereocenters. The summed E-state index contributed by atoms with van der Waals surface area (Å²) in [5, 5.41) is 6.86. The average Bonchev–Trinajstić information content (AvgIpc) is 3.19. The van der Waals surface area contributed by atoms with E-state index in [1.807, 2.05) is 4.90 Å². The van der Waals surface area contributed by atoms with Crippen molar-refractivity contribution in [2.24, 2.45) is 11.5 Å². The molecule has 3 rings (SSSR count). The van der Waals surface area contributed by atoms with Crippen molar-refractivity contribution >= 4 is 17.5 Å². The quantitative estimate of drug-likeness (QED) is 0.689. The van der Waals surface area contributed by atoms with Gasteiger partial charge in [0.1, 0.15) is 6.04 Å². The van der Waals surface area contributed by atoms with E-state index in [0.29, 0.717) is 25.1 Å². The van der Waals surface area contributed by atoms with E-state index >= 15 is 0 Å². The van der Waals surface area contributed by atoms with E-state index in [1.165, 1.54) is 0 Å². The van der Waals surface area contributed by atoms with Crippen LogP contribution in [0.1, 0.15) is 15.9 Å². The number of methoxy groups -OCH3 is 1. The van der Waals surface area contributed by atoms with Gasteiger partial charge in [0.15, 0.2) is 0 Å². The third-order valence-corrected chi connectivity index (χ3v) is 4.21. The number of primary amides is 2. The van der Waals surface area contributed by atoms with Gasteiger partial charge in [0.25, 0.3) is 0 Å². The van der Waals surface area contributed by atoms with Gasteiger partial charge in [-0.2, -0.15) is 5.10 Å². The lowest BCUT2D eigenvalue weighted by Crippen LogP contribution is -2.44. The second-order valence-electron chi connectivity index (χ2n) is 5.67. The lowest BCUT2D eigenvalue weighted by Gasteiger charge is -2.26. The highest BCUT2D eigenvalue weighted by atomic mass is 16.5. The molecule has 8 heteroatoms. The molecule has 2 amide bonds. The number of nitrogens with one attached hydrogen (secondary N) is 1. The predicted octanol–water partition coefficient (Wildman–Crippen LogP) is 0.0384. The van der Waals surface area contributed by atoms with Crippen molar-refractivity contribution in [1.82, 2.24) is 10.2 Å². The fraction of sp³-hybridized carbons (Fsp3) is 0.312. The fourth-order valence-electron chi connectivity index (χ4n) is 3.13. The number of fused-ring (bicyclic) bond motifs is 1. The zero-order valence-electron chi connectivity index (χ0n) is 13.3. The summed E-state index contributed by atoms with van der Waals surface area (Å²) in [6, 6.07) is 4.74. The van der Waals surface area contributed by atoms with Crippen LogP contribution in [0.15, 0.2) is 24.4 Å². The summed E-state index contributed by atoms with van der Waals surface area (Å²) in [5.41, 5.74) is 14.6. The van der Waals surface area contributed by atoms with Crippen molar-refractivity contribution in [3.8, 4) is 11.3 Å².